The maximum atomic E-state index is 13.3. The summed E-state index contributed by atoms with van der Waals surface area (Å²) in [6, 6.07) is 13.6. The number of aromatic amines is 1. The number of carbonyl (C=O) groups is 1. The molecule has 0 spiro atoms. The fraction of sp³-hybridized carbons (Fsp3) is 0.240. The quantitative estimate of drug-likeness (QED) is 0.254. The number of hydrogen-bond acceptors (Lipinski definition) is 3. The number of rotatable bonds is 10. The summed E-state index contributed by atoms with van der Waals surface area (Å²) in [5.74, 6) is -0.741. The molecule has 0 amide bonds. The number of ketones is 1. The zero-order valence-corrected chi connectivity index (χ0v) is 18.7. The minimum absolute atomic E-state index is 0.0202. The van der Waals surface area contributed by atoms with E-state index in [0.717, 1.165) is 33.2 Å². The largest absolute Gasteiger partial charge is 0.389 e. The van der Waals surface area contributed by atoms with Gasteiger partial charge in [-0.2, -0.15) is 0 Å². The first-order valence-corrected chi connectivity index (χ1v) is 11.1. The van der Waals surface area contributed by atoms with Gasteiger partial charge in [0.05, 0.1) is 25.9 Å². The molecule has 0 saturated carbocycles. The first-order chi connectivity index (χ1) is 16.0. The van der Waals surface area contributed by atoms with E-state index in [-0.39, 0.29) is 12.3 Å². The average Bonchev–Trinajstić information content (AvgIpc) is 3.49. The number of halogens is 2. The predicted molar refractivity (Wildman–Crippen MR) is 130 cm³/mol. The summed E-state index contributed by atoms with van der Waals surface area (Å²) in [4.78, 5) is 19.3. The maximum absolute atomic E-state index is 13.3. The zero-order chi connectivity index (χ0) is 23.4. The van der Waals surface area contributed by atoms with Crippen LogP contribution in [0.15, 0.2) is 61.2 Å². The van der Waals surface area contributed by atoms with Crippen LogP contribution in [0.5, 0.6) is 0 Å². The molecule has 0 aliphatic rings. The van der Waals surface area contributed by atoms with E-state index < -0.39 is 19.3 Å². The lowest BCUT2D eigenvalue weighted by atomic mass is 10.00. The monoisotopic (exact) mass is 466 g/mol. The molecule has 33 heavy (non-hydrogen) atoms. The highest BCUT2D eigenvalue weighted by Crippen LogP contribution is 2.33. The lowest BCUT2D eigenvalue weighted by Crippen LogP contribution is -2.14. The maximum Gasteiger partial charge on any atom is 0.180 e. The number of hydrogen-bond donors (Lipinski definition) is 2. The number of thiocarbonyl (C=S) groups is 1. The second kappa shape index (κ2) is 10.0. The molecule has 3 N–H and O–H groups in total. The molecule has 8 heteroatoms. The fourth-order valence-electron chi connectivity index (χ4n) is 3.93. The van der Waals surface area contributed by atoms with E-state index in [9.17, 15) is 13.6 Å². The number of alkyl halides is 2. The normalized spacial score (nSPS) is 11.4. The molecule has 5 nitrogen and oxygen atoms in total. The Morgan fingerprint density at radius 1 is 1.18 bits per heavy atom. The SMILES string of the molecule is NC(=S)c1cccc(-c2cn(CC(CF)CF)c3cc(CCC(=O)c4cnc[nH]4)ccc23)c1. The smallest absolute Gasteiger partial charge is 0.180 e. The highest BCUT2D eigenvalue weighted by molar-refractivity contribution is 7.80. The number of aromatic nitrogens is 3. The third kappa shape index (κ3) is 5.01. The number of benzene rings is 2. The zero-order valence-electron chi connectivity index (χ0n) is 17.9. The summed E-state index contributed by atoms with van der Waals surface area (Å²) >= 11 is 5.11. The summed E-state index contributed by atoms with van der Waals surface area (Å²) in [7, 11) is 0. The standard InChI is InChI=1S/C25H24F2N4OS/c26-10-17(11-27)13-31-14-21(18-2-1-3-19(9-18)25(28)33)20-6-4-16(8-23(20)31)5-7-24(32)22-12-29-15-30-22/h1-4,6,8-9,12,14-15,17H,5,7,10-11,13H2,(H2,28,33)(H,29,30). The number of H-pyrrole nitrogens is 1. The molecule has 2 heterocycles. The highest BCUT2D eigenvalue weighted by Gasteiger charge is 2.16. The number of nitrogens with zero attached hydrogens (tertiary/aromatic N) is 2. The Bertz CT molecular complexity index is 1280. The summed E-state index contributed by atoms with van der Waals surface area (Å²) in [6.45, 7) is -1.25. The van der Waals surface area contributed by atoms with Crippen LogP contribution < -0.4 is 5.73 Å². The van der Waals surface area contributed by atoms with Crippen LogP contribution in [0.25, 0.3) is 22.0 Å². The van der Waals surface area contributed by atoms with Crippen molar-refractivity contribution in [2.45, 2.75) is 19.4 Å². The molecule has 2 aromatic carbocycles. The van der Waals surface area contributed by atoms with Crippen molar-refractivity contribution in [2.75, 3.05) is 13.3 Å². The van der Waals surface area contributed by atoms with Crippen molar-refractivity contribution in [1.29, 1.82) is 0 Å². The van der Waals surface area contributed by atoms with Crippen LogP contribution in [-0.2, 0) is 13.0 Å². The number of aryl methyl sites for hydroxylation is 1. The van der Waals surface area contributed by atoms with Crippen molar-refractivity contribution in [3.8, 4) is 11.1 Å². The molecule has 4 aromatic rings. The van der Waals surface area contributed by atoms with Crippen LogP contribution in [0.3, 0.4) is 0 Å². The number of nitrogens with one attached hydrogen (secondary N) is 1. The first-order valence-electron chi connectivity index (χ1n) is 10.7. The Hall–Kier alpha value is -3.39. The van der Waals surface area contributed by atoms with Gasteiger partial charge in [0, 0.05) is 47.1 Å². The van der Waals surface area contributed by atoms with E-state index in [1.165, 1.54) is 12.5 Å². The Morgan fingerprint density at radius 2 is 2.00 bits per heavy atom. The molecule has 0 aliphatic heterocycles. The average molecular weight is 467 g/mol. The minimum Gasteiger partial charge on any atom is -0.389 e. The minimum atomic E-state index is -0.735. The highest BCUT2D eigenvalue weighted by atomic mass is 32.1. The predicted octanol–water partition coefficient (Wildman–Crippen LogP) is 5.04. The second-order valence-corrected chi connectivity index (χ2v) is 8.49. The van der Waals surface area contributed by atoms with Gasteiger partial charge < -0.3 is 15.3 Å². The van der Waals surface area contributed by atoms with Crippen LogP contribution in [0.1, 0.15) is 28.0 Å². The number of fused-ring (bicyclic) bond motifs is 1. The van der Waals surface area contributed by atoms with Gasteiger partial charge in [-0.25, -0.2) is 4.98 Å². The first kappa shape index (κ1) is 22.8. The van der Waals surface area contributed by atoms with Crippen LogP contribution in [0, 0.1) is 5.92 Å². The van der Waals surface area contributed by atoms with Crippen LogP contribution >= 0.6 is 12.2 Å². The molecule has 0 fully saturated rings. The molecule has 0 unspecified atom stereocenters. The molecule has 0 saturated heterocycles. The lowest BCUT2D eigenvalue weighted by Gasteiger charge is -2.12. The van der Waals surface area contributed by atoms with Crippen molar-refractivity contribution >= 4 is 33.9 Å². The molecule has 170 valence electrons. The van der Waals surface area contributed by atoms with Crippen molar-refractivity contribution in [3.05, 3.63) is 78.0 Å². The Balaban J connectivity index is 1.71. The van der Waals surface area contributed by atoms with E-state index in [0.29, 0.717) is 23.5 Å². The van der Waals surface area contributed by atoms with Crippen molar-refractivity contribution < 1.29 is 13.6 Å². The van der Waals surface area contributed by atoms with E-state index in [4.69, 9.17) is 18.0 Å². The molecule has 4 rings (SSSR count). The Morgan fingerprint density at radius 3 is 2.70 bits per heavy atom. The van der Waals surface area contributed by atoms with Crippen LogP contribution in [0.2, 0.25) is 0 Å². The van der Waals surface area contributed by atoms with Crippen LogP contribution in [0.4, 0.5) is 8.78 Å². The number of carbonyl (C=O) groups excluding carboxylic acids is 1. The van der Waals surface area contributed by atoms with Gasteiger partial charge in [-0.1, -0.05) is 42.5 Å². The van der Waals surface area contributed by atoms with Gasteiger partial charge in [0.15, 0.2) is 5.78 Å². The van der Waals surface area contributed by atoms with Gasteiger partial charge >= 0.3 is 0 Å². The summed E-state index contributed by atoms with van der Waals surface area (Å²) in [6.07, 6.45) is 5.78. The summed E-state index contributed by atoms with van der Waals surface area (Å²) < 4.78 is 28.5. The topological polar surface area (TPSA) is 76.7 Å². The molecule has 0 radical (unpaired) electrons. The lowest BCUT2D eigenvalue weighted by molar-refractivity contribution is 0.0978. The second-order valence-electron chi connectivity index (χ2n) is 8.05. The van der Waals surface area contributed by atoms with E-state index in [1.807, 2.05) is 53.2 Å². The van der Waals surface area contributed by atoms with Crippen molar-refractivity contribution in [2.24, 2.45) is 11.7 Å². The summed E-state index contributed by atoms with van der Waals surface area (Å²) in [5, 5.41) is 0.954. The summed E-state index contributed by atoms with van der Waals surface area (Å²) in [5.41, 5.74) is 10.7. The van der Waals surface area contributed by atoms with Gasteiger partial charge in [-0.3, -0.25) is 13.6 Å². The van der Waals surface area contributed by atoms with Crippen LogP contribution in [-0.4, -0.2) is 38.7 Å². The van der Waals surface area contributed by atoms with E-state index >= 15 is 0 Å². The molecular formula is C25H24F2N4OS. The Kier molecular flexibility index (Phi) is 6.93. The van der Waals surface area contributed by atoms with Gasteiger partial charge in [0.25, 0.3) is 0 Å². The van der Waals surface area contributed by atoms with Crippen molar-refractivity contribution in [1.82, 2.24) is 14.5 Å². The van der Waals surface area contributed by atoms with Gasteiger partial charge in [-0.05, 0) is 29.7 Å². The number of imidazole rings is 1. The third-order valence-electron chi connectivity index (χ3n) is 5.74. The van der Waals surface area contributed by atoms with Gasteiger partial charge in [0.1, 0.15) is 10.7 Å². The van der Waals surface area contributed by atoms with Crippen molar-refractivity contribution in [3.63, 3.8) is 0 Å². The van der Waals surface area contributed by atoms with Gasteiger partial charge in [-0.15, -0.1) is 0 Å². The molecule has 0 atom stereocenters. The number of Topliss-reactive ketones (excluding diaryl/α,β-unsaturated/α-hetero) is 1. The van der Waals surface area contributed by atoms with E-state index in [1.54, 1.807) is 0 Å². The van der Waals surface area contributed by atoms with E-state index in [2.05, 4.69) is 9.97 Å². The molecule has 0 aliphatic carbocycles. The molecule has 0 bridgehead atoms. The fourth-order valence-corrected chi connectivity index (χ4v) is 4.06. The number of nitrogens with two attached hydrogens (primary N) is 1. The third-order valence-corrected chi connectivity index (χ3v) is 5.97. The van der Waals surface area contributed by atoms with Gasteiger partial charge in [0.2, 0.25) is 0 Å². The Labute approximate surface area is 195 Å². The molecular weight excluding hydrogens is 442 g/mol. The molecule has 2 aromatic heterocycles.